The van der Waals surface area contributed by atoms with Crippen molar-refractivity contribution in [3.05, 3.63) is 25.3 Å². The Morgan fingerprint density at radius 2 is 1.50 bits per heavy atom. The molecule has 0 aromatic heterocycles. The summed E-state index contributed by atoms with van der Waals surface area (Å²) in [7, 11) is 0. The third-order valence-electron chi connectivity index (χ3n) is 4.94. The fourth-order valence-electron chi connectivity index (χ4n) is 3.74. The molecule has 3 rings (SSSR count). The van der Waals surface area contributed by atoms with Crippen LogP contribution in [0.4, 0.5) is 0 Å². The van der Waals surface area contributed by atoms with Crippen molar-refractivity contribution in [1.29, 1.82) is 0 Å². The molecule has 3 aliphatic heterocycles. The van der Waals surface area contributed by atoms with E-state index in [-0.39, 0.29) is 36.6 Å². The average molecular weight is 308 g/mol. The van der Waals surface area contributed by atoms with Crippen molar-refractivity contribution in [2.45, 2.75) is 75.1 Å². The van der Waals surface area contributed by atoms with Gasteiger partial charge in [-0.05, 0) is 38.5 Å². The van der Waals surface area contributed by atoms with E-state index in [9.17, 15) is 0 Å². The highest BCUT2D eigenvalue weighted by Gasteiger charge is 2.38. The molecule has 0 aliphatic carbocycles. The van der Waals surface area contributed by atoms with E-state index in [1.165, 1.54) is 0 Å². The third-order valence-corrected chi connectivity index (χ3v) is 4.94. The smallest absolute Gasteiger partial charge is 0.102 e. The fraction of sp³-hybridized carbons (Fsp3) is 0.778. The van der Waals surface area contributed by atoms with Crippen molar-refractivity contribution < 1.29 is 18.9 Å². The SMILES string of the molecule is C=C[C@@H]1OCCC[C@H]1O[C@H]1CC[C@H]2OCCC[C@@H]2O[C@@H]1C=C. The first kappa shape index (κ1) is 16.2. The summed E-state index contributed by atoms with van der Waals surface area (Å²) in [6, 6.07) is 0. The van der Waals surface area contributed by atoms with Gasteiger partial charge < -0.3 is 18.9 Å². The van der Waals surface area contributed by atoms with Gasteiger partial charge in [0.05, 0.1) is 24.4 Å². The monoisotopic (exact) mass is 308 g/mol. The van der Waals surface area contributed by atoms with Crippen molar-refractivity contribution >= 4 is 0 Å². The van der Waals surface area contributed by atoms with E-state index >= 15 is 0 Å². The van der Waals surface area contributed by atoms with Gasteiger partial charge in [0, 0.05) is 13.2 Å². The number of hydrogen-bond acceptors (Lipinski definition) is 4. The molecule has 0 radical (unpaired) electrons. The molecule has 22 heavy (non-hydrogen) atoms. The number of fused-ring (bicyclic) bond motifs is 1. The molecular formula is C18H28O4. The largest absolute Gasteiger partial charge is 0.376 e. The molecule has 6 atom stereocenters. The Bertz CT molecular complexity index is 383. The van der Waals surface area contributed by atoms with E-state index in [1.807, 2.05) is 12.2 Å². The van der Waals surface area contributed by atoms with Crippen molar-refractivity contribution in [1.82, 2.24) is 0 Å². The van der Waals surface area contributed by atoms with Crippen LogP contribution >= 0.6 is 0 Å². The van der Waals surface area contributed by atoms with Crippen LogP contribution in [0.15, 0.2) is 25.3 Å². The van der Waals surface area contributed by atoms with Crippen LogP contribution in [0.3, 0.4) is 0 Å². The molecule has 124 valence electrons. The minimum atomic E-state index is -0.0657. The maximum Gasteiger partial charge on any atom is 0.102 e. The molecule has 3 saturated heterocycles. The normalized spacial score (nSPS) is 42.9. The Morgan fingerprint density at radius 3 is 2.32 bits per heavy atom. The van der Waals surface area contributed by atoms with E-state index in [4.69, 9.17) is 18.9 Å². The van der Waals surface area contributed by atoms with Gasteiger partial charge in [-0.2, -0.15) is 0 Å². The first-order chi connectivity index (χ1) is 10.8. The van der Waals surface area contributed by atoms with Gasteiger partial charge in [0.2, 0.25) is 0 Å². The molecule has 0 amide bonds. The van der Waals surface area contributed by atoms with Gasteiger partial charge in [-0.25, -0.2) is 0 Å². The van der Waals surface area contributed by atoms with Crippen LogP contribution in [0.25, 0.3) is 0 Å². The molecule has 3 aliphatic rings. The Kier molecular flexibility index (Phi) is 5.69. The fourth-order valence-corrected chi connectivity index (χ4v) is 3.74. The predicted octanol–water partition coefficient (Wildman–Crippen LogP) is 3.02. The summed E-state index contributed by atoms with van der Waals surface area (Å²) in [5, 5.41) is 0. The highest BCUT2D eigenvalue weighted by atomic mass is 16.6. The quantitative estimate of drug-likeness (QED) is 0.748. The molecule has 0 saturated carbocycles. The van der Waals surface area contributed by atoms with Crippen LogP contribution in [0.1, 0.15) is 38.5 Å². The van der Waals surface area contributed by atoms with Crippen LogP contribution in [0, 0.1) is 0 Å². The Hall–Kier alpha value is -0.680. The van der Waals surface area contributed by atoms with E-state index < -0.39 is 0 Å². The summed E-state index contributed by atoms with van der Waals surface area (Å²) < 4.78 is 24.3. The predicted molar refractivity (Wildman–Crippen MR) is 84.9 cm³/mol. The van der Waals surface area contributed by atoms with Gasteiger partial charge in [0.1, 0.15) is 12.2 Å². The lowest BCUT2D eigenvalue weighted by atomic mass is 10.00. The van der Waals surface area contributed by atoms with E-state index in [0.717, 1.165) is 51.7 Å². The Labute approximate surface area is 133 Å². The van der Waals surface area contributed by atoms with E-state index in [0.29, 0.717) is 0 Å². The summed E-state index contributed by atoms with van der Waals surface area (Å²) in [6.45, 7) is 9.46. The van der Waals surface area contributed by atoms with Crippen molar-refractivity contribution in [3.63, 3.8) is 0 Å². The zero-order valence-electron chi connectivity index (χ0n) is 13.3. The molecule has 0 aromatic rings. The van der Waals surface area contributed by atoms with Gasteiger partial charge in [-0.15, -0.1) is 13.2 Å². The molecule has 4 nitrogen and oxygen atoms in total. The van der Waals surface area contributed by atoms with Gasteiger partial charge in [0.15, 0.2) is 0 Å². The molecular weight excluding hydrogens is 280 g/mol. The van der Waals surface area contributed by atoms with Gasteiger partial charge in [0.25, 0.3) is 0 Å². The molecule has 0 aromatic carbocycles. The maximum atomic E-state index is 6.38. The molecule has 0 spiro atoms. The Balaban J connectivity index is 1.65. The second-order valence-electron chi connectivity index (χ2n) is 6.43. The molecule has 3 fully saturated rings. The summed E-state index contributed by atoms with van der Waals surface area (Å²) in [5.41, 5.74) is 0. The second-order valence-corrected chi connectivity index (χ2v) is 6.43. The lowest BCUT2D eigenvalue weighted by Crippen LogP contribution is -2.42. The Morgan fingerprint density at radius 1 is 0.773 bits per heavy atom. The van der Waals surface area contributed by atoms with Crippen molar-refractivity contribution in [3.8, 4) is 0 Å². The van der Waals surface area contributed by atoms with Crippen LogP contribution in [-0.2, 0) is 18.9 Å². The summed E-state index contributed by atoms with van der Waals surface area (Å²) in [4.78, 5) is 0. The highest BCUT2D eigenvalue weighted by Crippen LogP contribution is 2.31. The van der Waals surface area contributed by atoms with Crippen molar-refractivity contribution in [2.75, 3.05) is 13.2 Å². The van der Waals surface area contributed by atoms with Gasteiger partial charge >= 0.3 is 0 Å². The minimum Gasteiger partial charge on any atom is -0.376 e. The average Bonchev–Trinajstić information content (AvgIpc) is 2.75. The zero-order valence-corrected chi connectivity index (χ0v) is 13.3. The van der Waals surface area contributed by atoms with Crippen LogP contribution in [0.5, 0.6) is 0 Å². The van der Waals surface area contributed by atoms with Gasteiger partial charge in [-0.3, -0.25) is 0 Å². The summed E-state index contributed by atoms with van der Waals surface area (Å²) >= 11 is 0. The lowest BCUT2D eigenvalue weighted by molar-refractivity contribution is -0.157. The third kappa shape index (κ3) is 3.62. The summed E-state index contributed by atoms with van der Waals surface area (Å²) in [6.07, 6.45) is 10.3. The van der Waals surface area contributed by atoms with Gasteiger partial charge in [-0.1, -0.05) is 12.2 Å². The molecule has 0 unspecified atom stereocenters. The standard InChI is InChI=1S/C18H28O4/c1-3-13-16(7-5-11-19-13)22-18-10-9-15-17(8-6-12-20-15)21-14(18)4-2/h3-4,13-18H,1-2,5-12H2/t13-,14+,15+,16+,17-,18-/m0/s1. The van der Waals surface area contributed by atoms with Crippen LogP contribution < -0.4 is 0 Å². The molecule has 3 heterocycles. The second kappa shape index (κ2) is 7.73. The summed E-state index contributed by atoms with van der Waals surface area (Å²) in [5.74, 6) is 0. The number of ether oxygens (including phenoxy) is 4. The number of rotatable bonds is 4. The van der Waals surface area contributed by atoms with Crippen LogP contribution in [0.2, 0.25) is 0 Å². The van der Waals surface area contributed by atoms with Crippen molar-refractivity contribution in [2.24, 2.45) is 0 Å². The lowest BCUT2D eigenvalue weighted by Gasteiger charge is -2.35. The first-order valence-corrected chi connectivity index (χ1v) is 8.61. The number of hydrogen-bond donors (Lipinski definition) is 0. The molecule has 4 heteroatoms. The first-order valence-electron chi connectivity index (χ1n) is 8.61. The van der Waals surface area contributed by atoms with E-state index in [2.05, 4.69) is 13.2 Å². The molecule has 0 N–H and O–H groups in total. The van der Waals surface area contributed by atoms with Crippen LogP contribution in [-0.4, -0.2) is 49.8 Å². The highest BCUT2D eigenvalue weighted by molar-refractivity contribution is 4.96. The zero-order chi connectivity index (χ0) is 15.4. The maximum absolute atomic E-state index is 6.38. The minimum absolute atomic E-state index is 0.0130. The topological polar surface area (TPSA) is 36.9 Å². The van der Waals surface area contributed by atoms with E-state index in [1.54, 1.807) is 0 Å². The molecule has 0 bridgehead atoms.